The predicted molar refractivity (Wildman–Crippen MR) is 61.7 cm³/mol. The average Bonchev–Trinajstić information content (AvgIpc) is 2.49. The van der Waals surface area contributed by atoms with E-state index in [1.165, 1.54) is 0 Å². The maximum Gasteiger partial charge on any atom is 0.0584 e. The highest BCUT2D eigenvalue weighted by molar-refractivity contribution is 7.21. The molecule has 2 rings (SSSR count). The van der Waals surface area contributed by atoms with Gasteiger partial charge in [0.05, 0.1) is 14.8 Å². The summed E-state index contributed by atoms with van der Waals surface area (Å²) >= 11 is 13.4. The number of benzene rings is 1. The van der Waals surface area contributed by atoms with Crippen molar-refractivity contribution in [3.05, 3.63) is 40.7 Å². The van der Waals surface area contributed by atoms with E-state index in [1.54, 1.807) is 11.3 Å². The van der Waals surface area contributed by atoms with Crippen molar-refractivity contribution in [3.8, 4) is 0 Å². The third kappa shape index (κ3) is 1.60. The summed E-state index contributed by atoms with van der Waals surface area (Å²) in [5.74, 6) is 0. The molecular formula is C10H6Cl2S. The SMILES string of the molecule is C=C(Cl)c1cc2cccc(Cl)c2s1. The van der Waals surface area contributed by atoms with Gasteiger partial charge in [-0.3, -0.25) is 0 Å². The highest BCUT2D eigenvalue weighted by Crippen LogP contribution is 2.35. The maximum atomic E-state index is 6.01. The molecule has 0 N–H and O–H groups in total. The first-order chi connectivity index (χ1) is 6.18. The molecule has 0 saturated heterocycles. The van der Waals surface area contributed by atoms with Crippen LogP contribution in [0.25, 0.3) is 15.1 Å². The highest BCUT2D eigenvalue weighted by atomic mass is 35.5. The van der Waals surface area contributed by atoms with E-state index in [4.69, 9.17) is 23.2 Å². The van der Waals surface area contributed by atoms with Crippen molar-refractivity contribution in [2.45, 2.75) is 0 Å². The van der Waals surface area contributed by atoms with Crippen LogP contribution in [0, 0.1) is 0 Å². The van der Waals surface area contributed by atoms with Crippen molar-refractivity contribution in [3.63, 3.8) is 0 Å². The van der Waals surface area contributed by atoms with Crippen LogP contribution in [0.3, 0.4) is 0 Å². The Balaban J connectivity index is 2.75. The maximum absolute atomic E-state index is 6.01. The molecule has 0 aliphatic rings. The molecule has 0 amide bonds. The van der Waals surface area contributed by atoms with Gasteiger partial charge < -0.3 is 0 Å². The second kappa shape index (κ2) is 3.33. The number of rotatable bonds is 1. The minimum Gasteiger partial charge on any atom is -0.133 e. The Morgan fingerprint density at radius 3 is 2.77 bits per heavy atom. The lowest BCUT2D eigenvalue weighted by Crippen LogP contribution is -1.62. The van der Waals surface area contributed by atoms with Crippen molar-refractivity contribution < 1.29 is 0 Å². The Hall–Kier alpha value is -0.500. The lowest BCUT2D eigenvalue weighted by molar-refractivity contribution is 1.84. The van der Waals surface area contributed by atoms with Gasteiger partial charge in [0, 0.05) is 4.88 Å². The Kier molecular flexibility index (Phi) is 2.33. The first-order valence-electron chi connectivity index (χ1n) is 3.71. The summed E-state index contributed by atoms with van der Waals surface area (Å²) in [5, 5.41) is 2.46. The molecule has 0 atom stereocenters. The third-order valence-corrected chi connectivity index (χ3v) is 3.75. The second-order valence-corrected chi connectivity index (χ2v) is 4.59. The van der Waals surface area contributed by atoms with Gasteiger partial charge in [0.2, 0.25) is 0 Å². The van der Waals surface area contributed by atoms with Gasteiger partial charge in [0.15, 0.2) is 0 Å². The van der Waals surface area contributed by atoms with Crippen LogP contribution in [0.5, 0.6) is 0 Å². The summed E-state index contributed by atoms with van der Waals surface area (Å²) in [7, 11) is 0. The fourth-order valence-corrected chi connectivity index (χ4v) is 2.56. The molecule has 1 aromatic heterocycles. The molecule has 0 bridgehead atoms. The van der Waals surface area contributed by atoms with Crippen LogP contribution >= 0.6 is 34.5 Å². The smallest absolute Gasteiger partial charge is 0.0584 e. The second-order valence-electron chi connectivity index (χ2n) is 2.67. The summed E-state index contributed by atoms with van der Waals surface area (Å²) in [6.07, 6.45) is 0. The van der Waals surface area contributed by atoms with Crippen molar-refractivity contribution >= 4 is 49.7 Å². The third-order valence-electron chi connectivity index (χ3n) is 1.76. The predicted octanol–water partition coefficient (Wildman–Crippen LogP) is 4.76. The number of hydrogen-bond donors (Lipinski definition) is 0. The van der Waals surface area contributed by atoms with E-state index in [2.05, 4.69) is 6.58 Å². The van der Waals surface area contributed by atoms with Crippen molar-refractivity contribution in [1.82, 2.24) is 0 Å². The largest absolute Gasteiger partial charge is 0.133 e. The van der Waals surface area contributed by atoms with E-state index < -0.39 is 0 Å². The Bertz CT molecular complexity index is 471. The molecule has 0 aliphatic carbocycles. The normalized spacial score (nSPS) is 10.6. The Morgan fingerprint density at radius 2 is 2.15 bits per heavy atom. The van der Waals surface area contributed by atoms with Crippen LogP contribution in [-0.2, 0) is 0 Å². The fraction of sp³-hybridized carbons (Fsp3) is 0. The molecule has 0 fully saturated rings. The van der Waals surface area contributed by atoms with E-state index in [0.717, 1.165) is 20.0 Å². The van der Waals surface area contributed by atoms with Gasteiger partial charge in [0.25, 0.3) is 0 Å². The topological polar surface area (TPSA) is 0 Å². The summed E-state index contributed by atoms with van der Waals surface area (Å²) in [4.78, 5) is 0.977. The molecule has 1 aromatic carbocycles. The summed E-state index contributed by atoms with van der Waals surface area (Å²) in [5.41, 5.74) is 0. The molecule has 3 heteroatoms. The Morgan fingerprint density at radius 1 is 1.38 bits per heavy atom. The molecule has 2 aromatic rings. The van der Waals surface area contributed by atoms with Crippen LogP contribution in [0.2, 0.25) is 5.02 Å². The number of halogens is 2. The zero-order chi connectivity index (χ0) is 9.42. The van der Waals surface area contributed by atoms with Gasteiger partial charge in [-0.05, 0) is 17.5 Å². The first-order valence-corrected chi connectivity index (χ1v) is 5.28. The van der Waals surface area contributed by atoms with E-state index in [9.17, 15) is 0 Å². The molecule has 0 spiro atoms. The van der Waals surface area contributed by atoms with Crippen LogP contribution in [0.15, 0.2) is 30.8 Å². The summed E-state index contributed by atoms with van der Waals surface area (Å²) in [6.45, 7) is 3.68. The van der Waals surface area contributed by atoms with E-state index in [-0.39, 0.29) is 0 Å². The monoisotopic (exact) mass is 228 g/mol. The van der Waals surface area contributed by atoms with E-state index in [0.29, 0.717) is 5.03 Å². The van der Waals surface area contributed by atoms with E-state index >= 15 is 0 Å². The standard InChI is InChI=1S/C10H6Cl2S/c1-6(11)9-5-7-3-2-4-8(12)10(7)13-9/h2-5H,1H2. The zero-order valence-electron chi connectivity index (χ0n) is 6.68. The van der Waals surface area contributed by atoms with Crippen molar-refractivity contribution in [2.75, 3.05) is 0 Å². The number of hydrogen-bond acceptors (Lipinski definition) is 1. The summed E-state index contributed by atoms with van der Waals surface area (Å²) in [6, 6.07) is 7.82. The Labute approximate surface area is 90.4 Å². The average molecular weight is 229 g/mol. The van der Waals surface area contributed by atoms with Gasteiger partial charge in [0.1, 0.15) is 0 Å². The lowest BCUT2D eigenvalue weighted by atomic mass is 10.2. The number of thiophene rings is 1. The minimum absolute atomic E-state index is 0.567. The zero-order valence-corrected chi connectivity index (χ0v) is 9.01. The fourth-order valence-electron chi connectivity index (χ4n) is 1.16. The number of fused-ring (bicyclic) bond motifs is 1. The van der Waals surface area contributed by atoms with E-state index in [1.807, 2.05) is 24.3 Å². The molecular weight excluding hydrogens is 223 g/mol. The van der Waals surface area contributed by atoms with Crippen molar-refractivity contribution in [2.24, 2.45) is 0 Å². The van der Waals surface area contributed by atoms with Gasteiger partial charge in [-0.2, -0.15) is 0 Å². The molecule has 66 valence electrons. The van der Waals surface area contributed by atoms with Crippen LogP contribution in [0.1, 0.15) is 4.88 Å². The van der Waals surface area contributed by atoms with Gasteiger partial charge >= 0.3 is 0 Å². The molecule has 0 radical (unpaired) electrons. The molecule has 0 nitrogen and oxygen atoms in total. The molecule has 1 heterocycles. The van der Waals surface area contributed by atoms with Crippen molar-refractivity contribution in [1.29, 1.82) is 0 Å². The summed E-state index contributed by atoms with van der Waals surface area (Å²) < 4.78 is 1.07. The van der Waals surface area contributed by atoms with Gasteiger partial charge in [-0.25, -0.2) is 0 Å². The molecule has 0 aliphatic heterocycles. The van der Waals surface area contributed by atoms with Gasteiger partial charge in [-0.15, -0.1) is 11.3 Å². The quantitative estimate of drug-likeness (QED) is 0.661. The molecule has 0 saturated carbocycles. The minimum atomic E-state index is 0.567. The first kappa shape index (κ1) is 9.07. The van der Waals surface area contributed by atoms with Crippen LogP contribution in [-0.4, -0.2) is 0 Å². The molecule has 13 heavy (non-hydrogen) atoms. The lowest BCUT2D eigenvalue weighted by Gasteiger charge is -1.89. The van der Waals surface area contributed by atoms with Crippen LogP contribution in [0.4, 0.5) is 0 Å². The van der Waals surface area contributed by atoms with Crippen LogP contribution < -0.4 is 0 Å². The molecule has 0 unspecified atom stereocenters. The highest BCUT2D eigenvalue weighted by Gasteiger charge is 2.05. The van der Waals surface area contributed by atoms with Gasteiger partial charge in [-0.1, -0.05) is 41.9 Å².